The summed E-state index contributed by atoms with van der Waals surface area (Å²) < 4.78 is 7.18. The minimum Gasteiger partial charge on any atom is -0.652 e. The van der Waals surface area contributed by atoms with Gasteiger partial charge < -0.3 is 24.3 Å². The molecule has 1 aromatic heterocycles. The Morgan fingerprint density at radius 3 is 2.39 bits per heavy atom. The number of aromatic nitrogens is 1. The molecule has 2 aromatic rings. The van der Waals surface area contributed by atoms with Crippen LogP contribution in [0, 0.1) is 0 Å². The van der Waals surface area contributed by atoms with Crippen molar-refractivity contribution in [3.8, 4) is 5.75 Å². The molecule has 0 aliphatic heterocycles. The molecular weight excluding hydrogens is 376 g/mol. The Kier molecular flexibility index (Phi) is 16.3. The fourth-order valence-corrected chi connectivity index (χ4v) is 1.81. The minimum absolute atomic E-state index is 0. The molecule has 0 radical (unpaired) electrons. The van der Waals surface area contributed by atoms with Crippen LogP contribution in [0.25, 0.3) is 10.9 Å². The Balaban J connectivity index is 0. The Hall–Kier alpha value is 1.06. The van der Waals surface area contributed by atoms with Crippen LogP contribution >= 0.6 is 11.6 Å². The number of hydrogen-bond donors (Lipinski definition) is 0. The first-order chi connectivity index (χ1) is 9.95. The van der Waals surface area contributed by atoms with Crippen molar-refractivity contribution in [1.82, 2.24) is 4.57 Å². The van der Waals surface area contributed by atoms with Crippen LogP contribution in [-0.2, 0) is 7.05 Å². The monoisotopic (exact) mass is 389 g/mol. The molecule has 0 saturated carbocycles. The summed E-state index contributed by atoms with van der Waals surface area (Å²) in [5, 5.41) is 17.7. The number of ether oxygens (including phenoxy) is 1. The molecule has 23 heavy (non-hydrogen) atoms. The van der Waals surface area contributed by atoms with Crippen molar-refractivity contribution in [2.24, 2.45) is 7.05 Å². The molecule has 9 heteroatoms. The van der Waals surface area contributed by atoms with Crippen LogP contribution in [0.15, 0.2) is 35.1 Å². The zero-order valence-corrected chi connectivity index (χ0v) is 20.4. The van der Waals surface area contributed by atoms with Gasteiger partial charge in [-0.25, -0.2) is 0 Å². The van der Waals surface area contributed by atoms with Crippen molar-refractivity contribution >= 4 is 28.7 Å². The number of carboxylic acid groups (broad SMARTS) is 2. The van der Waals surface area contributed by atoms with Crippen molar-refractivity contribution in [2.75, 3.05) is 12.5 Å². The van der Waals surface area contributed by atoms with Gasteiger partial charge in [0.25, 0.3) is 5.56 Å². The molecule has 0 atom stereocenters. The number of halogens is 1. The Morgan fingerprint density at radius 2 is 1.83 bits per heavy atom. The van der Waals surface area contributed by atoms with Crippen molar-refractivity contribution in [3.05, 3.63) is 40.7 Å². The Labute approximate surface area is 224 Å². The predicted octanol–water partition coefficient (Wildman–Crippen LogP) is -5.89. The average molecular weight is 390 g/mol. The zero-order valence-electron chi connectivity index (χ0n) is 13.4. The standard InChI is InChI=1S/C13H14ClNO2.CH2O3.2K/c1-15-12-5-4-11(17-8-2-7-14)9-10(12)3-6-13(15)16;2-1(3)4;;/h3-6,9H,2,7-8H2,1H3;(H2,2,3,4);;/q;;2*+1/p-2. The molecule has 0 fully saturated rings. The molecule has 0 aliphatic rings. The first kappa shape index (κ1) is 26.3. The minimum atomic E-state index is -2.33. The first-order valence-electron chi connectivity index (χ1n) is 6.12. The summed E-state index contributed by atoms with van der Waals surface area (Å²) in [4.78, 5) is 19.8. The summed E-state index contributed by atoms with van der Waals surface area (Å²) >= 11 is 5.58. The number of carbonyl (C=O) groups excluding carboxylic acids is 1. The maximum atomic E-state index is 11.4. The van der Waals surface area contributed by atoms with Crippen LogP contribution < -0.4 is 123 Å². The maximum Gasteiger partial charge on any atom is 1.00 e. The first-order valence-corrected chi connectivity index (χ1v) is 6.65. The maximum absolute atomic E-state index is 11.4. The molecule has 0 amide bonds. The Morgan fingerprint density at radius 1 is 1.22 bits per heavy atom. The third-order valence-corrected chi connectivity index (χ3v) is 2.91. The Bertz CT molecular complexity index is 674. The van der Waals surface area contributed by atoms with Gasteiger partial charge in [0.15, 0.2) is 0 Å². The number of carbonyl (C=O) groups is 1. The van der Waals surface area contributed by atoms with E-state index < -0.39 is 6.16 Å². The molecule has 1 aromatic carbocycles. The van der Waals surface area contributed by atoms with Crippen molar-refractivity contribution < 1.29 is 123 Å². The summed E-state index contributed by atoms with van der Waals surface area (Å²) in [6, 6.07) is 9.07. The summed E-state index contributed by atoms with van der Waals surface area (Å²) in [5.74, 6) is 1.41. The molecule has 6 nitrogen and oxygen atoms in total. The molecule has 1 heterocycles. The van der Waals surface area contributed by atoms with E-state index in [1.807, 2.05) is 24.3 Å². The third kappa shape index (κ3) is 9.95. The molecule has 2 rings (SSSR count). The van der Waals surface area contributed by atoms with Crippen LogP contribution in [0.2, 0.25) is 0 Å². The number of alkyl halides is 1. The van der Waals surface area contributed by atoms with Crippen LogP contribution in [-0.4, -0.2) is 23.2 Å². The third-order valence-electron chi connectivity index (χ3n) is 2.64. The van der Waals surface area contributed by atoms with Crippen LogP contribution in [0.4, 0.5) is 4.79 Å². The molecule has 0 saturated heterocycles. The van der Waals surface area contributed by atoms with Crippen LogP contribution in [0.5, 0.6) is 5.75 Å². The fourth-order valence-electron chi connectivity index (χ4n) is 1.70. The van der Waals surface area contributed by atoms with E-state index in [9.17, 15) is 4.79 Å². The van der Waals surface area contributed by atoms with E-state index in [0.717, 1.165) is 23.1 Å². The summed E-state index contributed by atoms with van der Waals surface area (Å²) in [6.07, 6.45) is -1.51. The average Bonchev–Trinajstić information content (AvgIpc) is 2.43. The van der Waals surface area contributed by atoms with Gasteiger partial charge in [0, 0.05) is 24.4 Å². The molecule has 0 unspecified atom stereocenters. The van der Waals surface area contributed by atoms with Gasteiger partial charge in [-0.3, -0.25) is 4.79 Å². The number of pyridine rings is 1. The SMILES string of the molecule is Cn1c(=O)ccc2cc(OCCCCl)ccc21.O=C([O-])[O-].[K+].[K+]. The second-order valence-electron chi connectivity index (χ2n) is 4.09. The van der Waals surface area contributed by atoms with Gasteiger partial charge in [0.1, 0.15) is 5.75 Å². The van der Waals surface area contributed by atoms with Gasteiger partial charge in [0.2, 0.25) is 0 Å². The number of nitrogens with zero attached hydrogens (tertiary/aromatic N) is 1. The number of fused-ring (bicyclic) bond motifs is 1. The van der Waals surface area contributed by atoms with Crippen molar-refractivity contribution in [2.45, 2.75) is 6.42 Å². The van der Waals surface area contributed by atoms with Crippen molar-refractivity contribution in [3.63, 3.8) is 0 Å². The molecule has 0 bridgehead atoms. The van der Waals surface area contributed by atoms with Gasteiger partial charge in [-0.15, -0.1) is 11.6 Å². The van der Waals surface area contributed by atoms with E-state index in [1.165, 1.54) is 0 Å². The summed E-state index contributed by atoms with van der Waals surface area (Å²) in [7, 11) is 1.76. The number of benzene rings is 1. The second kappa shape index (κ2) is 14.3. The van der Waals surface area contributed by atoms with Crippen molar-refractivity contribution in [1.29, 1.82) is 0 Å². The van der Waals surface area contributed by atoms with E-state index in [-0.39, 0.29) is 108 Å². The predicted molar refractivity (Wildman–Crippen MR) is 75.4 cm³/mol. The smallest absolute Gasteiger partial charge is 0.652 e. The van der Waals surface area contributed by atoms with Gasteiger partial charge in [-0.1, -0.05) is 0 Å². The molecule has 114 valence electrons. The number of rotatable bonds is 4. The molecular formula is C14H14ClK2NO5. The van der Waals surface area contributed by atoms with E-state index >= 15 is 0 Å². The number of aryl methyl sites for hydroxylation is 1. The summed E-state index contributed by atoms with van der Waals surface area (Å²) in [5.41, 5.74) is 0.899. The van der Waals surface area contributed by atoms with Gasteiger partial charge in [-0.2, -0.15) is 0 Å². The van der Waals surface area contributed by atoms with Gasteiger partial charge in [0.05, 0.1) is 12.1 Å². The van der Waals surface area contributed by atoms with Crippen LogP contribution in [0.1, 0.15) is 6.42 Å². The second-order valence-corrected chi connectivity index (χ2v) is 4.47. The largest absolute Gasteiger partial charge is 1.00 e. The van der Waals surface area contributed by atoms with E-state index in [2.05, 4.69) is 0 Å². The zero-order chi connectivity index (χ0) is 15.8. The summed E-state index contributed by atoms with van der Waals surface area (Å²) in [6.45, 7) is 0.612. The normalized spacial score (nSPS) is 8.96. The van der Waals surface area contributed by atoms with E-state index in [0.29, 0.717) is 12.5 Å². The topological polar surface area (TPSA) is 94.4 Å². The molecule has 0 N–H and O–H groups in total. The van der Waals surface area contributed by atoms with E-state index in [4.69, 9.17) is 31.3 Å². The van der Waals surface area contributed by atoms with E-state index in [1.54, 1.807) is 17.7 Å². The molecule has 0 aliphatic carbocycles. The molecule has 0 spiro atoms. The number of hydrogen-bond acceptors (Lipinski definition) is 5. The van der Waals surface area contributed by atoms with Gasteiger partial charge >= 0.3 is 103 Å². The van der Waals surface area contributed by atoms with Crippen LogP contribution in [0.3, 0.4) is 0 Å². The van der Waals surface area contributed by atoms with Gasteiger partial charge in [-0.05, 0) is 36.8 Å². The quantitative estimate of drug-likeness (QED) is 0.295. The fraction of sp³-hybridized carbons (Fsp3) is 0.286.